The van der Waals surface area contributed by atoms with E-state index in [9.17, 15) is 4.79 Å². The van der Waals surface area contributed by atoms with Crippen LogP contribution in [0.5, 0.6) is 0 Å². The highest BCUT2D eigenvalue weighted by molar-refractivity contribution is 5.77. The summed E-state index contributed by atoms with van der Waals surface area (Å²) in [4.78, 5) is 24.5. The van der Waals surface area contributed by atoms with Gasteiger partial charge in [-0.2, -0.15) is 0 Å². The number of hydrogen-bond donors (Lipinski definition) is 1. The van der Waals surface area contributed by atoms with E-state index in [0.717, 1.165) is 55.9 Å². The number of rotatable bonds is 3. The average molecular weight is 404 g/mol. The lowest BCUT2D eigenvalue weighted by Gasteiger charge is -2.34. The number of carbonyl (C=O) groups is 1. The zero-order chi connectivity index (χ0) is 20.7. The molecule has 0 saturated carbocycles. The molecule has 3 aromatic rings. The third-order valence-electron chi connectivity index (χ3n) is 6.78. The van der Waals surface area contributed by atoms with E-state index in [1.807, 2.05) is 18.3 Å². The molecule has 0 unspecified atom stereocenters. The van der Waals surface area contributed by atoms with Gasteiger partial charge in [-0.15, -0.1) is 0 Å². The van der Waals surface area contributed by atoms with Crippen LogP contribution in [-0.4, -0.2) is 43.8 Å². The molecule has 6 nitrogen and oxygen atoms in total. The van der Waals surface area contributed by atoms with Crippen molar-refractivity contribution in [3.63, 3.8) is 0 Å². The highest BCUT2D eigenvalue weighted by Crippen LogP contribution is 2.40. The number of imidazole rings is 1. The van der Waals surface area contributed by atoms with Crippen molar-refractivity contribution in [2.24, 2.45) is 0 Å². The zero-order valence-electron chi connectivity index (χ0n) is 17.8. The number of aromatic nitrogens is 3. The maximum atomic E-state index is 12.5. The van der Waals surface area contributed by atoms with Crippen molar-refractivity contribution in [2.75, 3.05) is 13.1 Å². The molecule has 1 N–H and O–H groups in total. The third-order valence-corrected chi connectivity index (χ3v) is 6.78. The average Bonchev–Trinajstić information content (AvgIpc) is 3.15. The van der Waals surface area contributed by atoms with Crippen molar-refractivity contribution >= 4 is 11.6 Å². The fourth-order valence-corrected chi connectivity index (χ4v) is 5.31. The fraction of sp³-hybridized carbons (Fsp3) is 0.458. The lowest BCUT2D eigenvalue weighted by Crippen LogP contribution is -2.52. The van der Waals surface area contributed by atoms with E-state index in [1.54, 1.807) is 0 Å². The molecule has 2 saturated heterocycles. The highest BCUT2D eigenvalue weighted by atomic mass is 16.1. The molecular weight excluding hydrogens is 374 g/mol. The van der Waals surface area contributed by atoms with Gasteiger partial charge in [-0.3, -0.25) is 14.7 Å². The van der Waals surface area contributed by atoms with E-state index in [-0.39, 0.29) is 17.4 Å². The minimum absolute atomic E-state index is 0.178. The van der Waals surface area contributed by atoms with Gasteiger partial charge >= 0.3 is 0 Å². The number of carbonyl (C=O) groups excluding carboxylic acids is 1. The van der Waals surface area contributed by atoms with Gasteiger partial charge in [-0.1, -0.05) is 12.5 Å². The Morgan fingerprint density at radius 2 is 2.13 bits per heavy atom. The standard InChI is InChI=1S/C24H29N5O/c1-17-9-12-29-21(18(2)26-22(29)13-17)15-28-14-19(20-7-4-6-11-25-20)24(16-28)10-5-3-8-23(30)27-24/h4,6-7,9,11-13,19H,3,5,8,10,14-16H2,1-2H3,(H,27,30)/t19-,24+/m0/s1. The van der Waals surface area contributed by atoms with Gasteiger partial charge in [0.25, 0.3) is 0 Å². The monoisotopic (exact) mass is 403 g/mol. The van der Waals surface area contributed by atoms with Crippen LogP contribution < -0.4 is 5.32 Å². The van der Waals surface area contributed by atoms with E-state index in [0.29, 0.717) is 6.42 Å². The molecular formula is C24H29N5O. The minimum Gasteiger partial charge on any atom is -0.349 e. The quantitative estimate of drug-likeness (QED) is 0.728. The molecule has 2 aliphatic heterocycles. The molecule has 2 aliphatic rings. The number of aryl methyl sites for hydroxylation is 2. The van der Waals surface area contributed by atoms with Gasteiger partial charge in [0.1, 0.15) is 5.65 Å². The van der Waals surface area contributed by atoms with Gasteiger partial charge in [-0.25, -0.2) is 4.98 Å². The first-order valence-electron chi connectivity index (χ1n) is 10.9. The molecule has 2 fully saturated rings. The van der Waals surface area contributed by atoms with Crippen LogP contribution in [0.25, 0.3) is 5.65 Å². The van der Waals surface area contributed by atoms with Crippen molar-refractivity contribution in [1.29, 1.82) is 0 Å². The first-order valence-corrected chi connectivity index (χ1v) is 10.9. The highest BCUT2D eigenvalue weighted by Gasteiger charge is 2.49. The van der Waals surface area contributed by atoms with E-state index in [2.05, 4.69) is 57.8 Å². The first kappa shape index (κ1) is 19.2. The van der Waals surface area contributed by atoms with Crippen LogP contribution in [0.1, 0.15) is 54.2 Å². The third kappa shape index (κ3) is 3.39. The summed E-state index contributed by atoms with van der Waals surface area (Å²) in [6.07, 6.45) is 7.65. The van der Waals surface area contributed by atoms with E-state index in [4.69, 9.17) is 4.98 Å². The molecule has 5 heterocycles. The molecule has 0 radical (unpaired) electrons. The maximum absolute atomic E-state index is 12.5. The van der Waals surface area contributed by atoms with Crippen LogP contribution in [0.2, 0.25) is 0 Å². The van der Waals surface area contributed by atoms with Gasteiger partial charge < -0.3 is 9.72 Å². The SMILES string of the molecule is Cc1ccn2c(CN3C[C@@H](c4ccccn4)[C@@]4(CCCCC(=O)N4)C3)c(C)nc2c1. The Balaban J connectivity index is 1.49. The van der Waals surface area contributed by atoms with Gasteiger partial charge in [0.15, 0.2) is 0 Å². The van der Waals surface area contributed by atoms with Crippen molar-refractivity contribution in [3.8, 4) is 0 Å². The normalized spacial score (nSPS) is 25.0. The summed E-state index contributed by atoms with van der Waals surface area (Å²) >= 11 is 0. The summed E-state index contributed by atoms with van der Waals surface area (Å²) in [6, 6.07) is 10.4. The Morgan fingerprint density at radius 1 is 1.23 bits per heavy atom. The molecule has 0 aromatic carbocycles. The topological polar surface area (TPSA) is 62.5 Å². The molecule has 0 bridgehead atoms. The number of nitrogens with zero attached hydrogens (tertiary/aromatic N) is 4. The molecule has 1 spiro atoms. The molecule has 3 aromatic heterocycles. The second kappa shape index (κ2) is 7.51. The molecule has 5 rings (SSSR count). The number of amides is 1. The summed E-state index contributed by atoms with van der Waals surface area (Å²) in [5, 5.41) is 3.43. The van der Waals surface area contributed by atoms with Gasteiger partial charge in [0.2, 0.25) is 5.91 Å². The Bertz CT molecular complexity index is 1080. The van der Waals surface area contributed by atoms with E-state index in [1.165, 1.54) is 11.3 Å². The molecule has 0 aliphatic carbocycles. The predicted octanol–water partition coefficient (Wildman–Crippen LogP) is 3.37. The van der Waals surface area contributed by atoms with Crippen molar-refractivity contribution in [2.45, 2.75) is 57.5 Å². The van der Waals surface area contributed by atoms with Gasteiger partial charge in [0.05, 0.1) is 16.9 Å². The molecule has 156 valence electrons. The lowest BCUT2D eigenvalue weighted by atomic mass is 9.81. The summed E-state index contributed by atoms with van der Waals surface area (Å²) in [7, 11) is 0. The van der Waals surface area contributed by atoms with Crippen LogP contribution >= 0.6 is 0 Å². The van der Waals surface area contributed by atoms with Crippen LogP contribution in [0, 0.1) is 13.8 Å². The number of pyridine rings is 2. The summed E-state index contributed by atoms with van der Waals surface area (Å²) in [6.45, 7) is 6.73. The van der Waals surface area contributed by atoms with Crippen molar-refractivity contribution in [1.82, 2.24) is 24.6 Å². The molecule has 2 atom stereocenters. The second-order valence-electron chi connectivity index (χ2n) is 8.96. The van der Waals surface area contributed by atoms with Gasteiger partial charge in [-0.05, 0) is 56.5 Å². The van der Waals surface area contributed by atoms with Crippen LogP contribution in [0.15, 0.2) is 42.7 Å². The van der Waals surface area contributed by atoms with E-state index >= 15 is 0 Å². The summed E-state index contributed by atoms with van der Waals surface area (Å²) in [5.41, 5.74) is 5.35. The summed E-state index contributed by atoms with van der Waals surface area (Å²) < 4.78 is 2.20. The number of likely N-dealkylation sites (tertiary alicyclic amines) is 1. The zero-order valence-corrected chi connectivity index (χ0v) is 17.8. The van der Waals surface area contributed by atoms with Gasteiger partial charge in [0, 0.05) is 50.1 Å². The number of hydrogen-bond acceptors (Lipinski definition) is 4. The Kier molecular flexibility index (Phi) is 4.82. The summed E-state index contributed by atoms with van der Waals surface area (Å²) in [5.74, 6) is 0.374. The maximum Gasteiger partial charge on any atom is 0.220 e. The largest absolute Gasteiger partial charge is 0.349 e. The molecule has 1 amide bonds. The van der Waals surface area contributed by atoms with Crippen LogP contribution in [0.4, 0.5) is 0 Å². The van der Waals surface area contributed by atoms with Crippen LogP contribution in [0.3, 0.4) is 0 Å². The Morgan fingerprint density at radius 3 is 2.97 bits per heavy atom. The molecule has 30 heavy (non-hydrogen) atoms. The van der Waals surface area contributed by atoms with Crippen LogP contribution in [-0.2, 0) is 11.3 Å². The predicted molar refractivity (Wildman–Crippen MR) is 116 cm³/mol. The van der Waals surface area contributed by atoms with Crippen molar-refractivity contribution in [3.05, 3.63) is 65.4 Å². The smallest absolute Gasteiger partial charge is 0.220 e. The van der Waals surface area contributed by atoms with E-state index < -0.39 is 0 Å². The Labute approximate surface area is 177 Å². The fourth-order valence-electron chi connectivity index (χ4n) is 5.31. The number of nitrogens with one attached hydrogen (secondary N) is 1. The number of fused-ring (bicyclic) bond motifs is 1. The minimum atomic E-state index is -0.243. The molecule has 6 heteroatoms. The second-order valence-corrected chi connectivity index (χ2v) is 8.96. The lowest BCUT2D eigenvalue weighted by molar-refractivity contribution is -0.122. The Hall–Kier alpha value is -2.73. The first-order chi connectivity index (χ1) is 14.5. The van der Waals surface area contributed by atoms with Crippen molar-refractivity contribution < 1.29 is 4.79 Å².